The van der Waals surface area contributed by atoms with Crippen molar-refractivity contribution in [1.29, 1.82) is 0 Å². The number of hydrogen-bond donors (Lipinski definition) is 4. The topological polar surface area (TPSA) is 186 Å². The van der Waals surface area contributed by atoms with E-state index >= 15 is 0 Å². The Morgan fingerprint density at radius 3 is 1.41 bits per heavy atom. The number of rotatable bonds is 40. The number of esters is 2. The normalized spacial score (nSPS) is 20.3. The number of carbonyl (C=O) groups excluding carboxylic acids is 2. The van der Waals surface area contributed by atoms with Crippen molar-refractivity contribution in [2.45, 2.75) is 250 Å². The van der Waals surface area contributed by atoms with Crippen LogP contribution in [0.4, 0.5) is 0 Å². The van der Waals surface area contributed by atoms with Gasteiger partial charge in [-0.1, -0.05) is 174 Å². The predicted molar refractivity (Wildman–Crippen MR) is 234 cm³/mol. The van der Waals surface area contributed by atoms with Crippen LogP contribution in [0.5, 0.6) is 0 Å². The summed E-state index contributed by atoms with van der Waals surface area (Å²) in [5.41, 5.74) is 0. The van der Waals surface area contributed by atoms with Crippen LogP contribution >= 0.6 is 0 Å². The highest BCUT2D eigenvalue weighted by molar-refractivity contribution is 7.85. The van der Waals surface area contributed by atoms with Gasteiger partial charge in [0.25, 0.3) is 10.1 Å². The van der Waals surface area contributed by atoms with E-state index < -0.39 is 71.2 Å². The Bertz CT molecular complexity index is 1150. The summed E-state index contributed by atoms with van der Waals surface area (Å²) in [6, 6.07) is 0. The molecular formula is C46H86O12S. The van der Waals surface area contributed by atoms with E-state index in [1.807, 2.05) is 0 Å². The average Bonchev–Trinajstić information content (AvgIpc) is 3.20. The lowest BCUT2D eigenvalue weighted by Crippen LogP contribution is -2.60. The first-order valence-electron chi connectivity index (χ1n) is 23.7. The number of hydrogen-bond acceptors (Lipinski definition) is 11. The third kappa shape index (κ3) is 31.8. The molecule has 1 aliphatic rings. The van der Waals surface area contributed by atoms with Crippen LogP contribution in [0.2, 0.25) is 0 Å². The van der Waals surface area contributed by atoms with Gasteiger partial charge in [0.05, 0.1) is 6.61 Å². The fourth-order valence-electron chi connectivity index (χ4n) is 7.38. The minimum atomic E-state index is -4.60. The van der Waals surface area contributed by atoms with Gasteiger partial charge in [-0.25, -0.2) is 0 Å². The Morgan fingerprint density at radius 2 is 0.966 bits per heavy atom. The maximum Gasteiger partial charge on any atom is 0.306 e. The van der Waals surface area contributed by atoms with Gasteiger partial charge in [-0.15, -0.1) is 0 Å². The third-order valence-corrected chi connectivity index (χ3v) is 11.8. The molecule has 0 aliphatic carbocycles. The molecule has 4 N–H and O–H groups in total. The second-order valence-electron chi connectivity index (χ2n) is 16.8. The summed E-state index contributed by atoms with van der Waals surface area (Å²) in [4.78, 5) is 25.4. The second-order valence-corrected chi connectivity index (χ2v) is 18.3. The molecule has 59 heavy (non-hydrogen) atoms. The van der Waals surface area contributed by atoms with E-state index in [9.17, 15) is 37.9 Å². The van der Waals surface area contributed by atoms with E-state index in [1.54, 1.807) is 0 Å². The van der Waals surface area contributed by atoms with E-state index in [4.69, 9.17) is 18.9 Å². The summed E-state index contributed by atoms with van der Waals surface area (Å²) in [5, 5.41) is 30.9. The molecule has 6 atom stereocenters. The number of aliphatic hydroxyl groups is 3. The summed E-state index contributed by atoms with van der Waals surface area (Å²) < 4.78 is 54.1. The molecule has 348 valence electrons. The van der Waals surface area contributed by atoms with Crippen LogP contribution in [-0.2, 0) is 38.7 Å². The molecule has 1 saturated heterocycles. The molecule has 0 bridgehead atoms. The van der Waals surface area contributed by atoms with Crippen molar-refractivity contribution in [1.82, 2.24) is 0 Å². The van der Waals surface area contributed by atoms with Crippen molar-refractivity contribution in [3.05, 3.63) is 12.2 Å². The summed E-state index contributed by atoms with van der Waals surface area (Å²) >= 11 is 0. The van der Waals surface area contributed by atoms with Crippen molar-refractivity contribution >= 4 is 22.1 Å². The largest absolute Gasteiger partial charge is 0.462 e. The molecule has 1 fully saturated rings. The van der Waals surface area contributed by atoms with Gasteiger partial charge in [0, 0.05) is 12.8 Å². The maximum absolute atomic E-state index is 12.8. The number of unbranched alkanes of at least 4 members (excludes halogenated alkanes) is 26. The van der Waals surface area contributed by atoms with Gasteiger partial charge in [-0.05, 0) is 38.5 Å². The molecule has 13 heteroatoms. The monoisotopic (exact) mass is 863 g/mol. The van der Waals surface area contributed by atoms with Crippen molar-refractivity contribution in [2.75, 3.05) is 19.0 Å². The molecule has 1 rings (SSSR count). The predicted octanol–water partition coefficient (Wildman–Crippen LogP) is 9.84. The van der Waals surface area contributed by atoms with Crippen LogP contribution in [-0.4, -0.2) is 96.0 Å². The number of aliphatic hydroxyl groups excluding tert-OH is 3. The van der Waals surface area contributed by atoms with E-state index in [-0.39, 0.29) is 19.4 Å². The third-order valence-electron chi connectivity index (χ3n) is 11.1. The molecule has 0 aromatic rings. The van der Waals surface area contributed by atoms with E-state index in [0.29, 0.717) is 12.8 Å². The molecule has 0 saturated carbocycles. The number of carbonyl (C=O) groups is 2. The molecule has 0 spiro atoms. The number of ether oxygens (including phenoxy) is 4. The number of allylic oxidation sites excluding steroid dienone is 2. The SMILES string of the molecule is CCCCCCCC/C=C/CCCCCCCCCCCC(=O)OC[C@H](CO[C@H]1O[C@H](CS(=O)(=O)O)[C@@H](O)C(O)C1O)OC(=O)CCCCCCCCCCCCCC. The standard InChI is InChI=1S/C46H86O12S/c1-3-5-7-9-11-13-15-17-18-19-20-21-22-23-25-26-28-30-32-34-41(47)55-36-39(37-56-46-45(51)44(50)43(49)40(58-46)38-59(52,53)54)57-42(48)35-33-31-29-27-24-16-14-12-10-8-6-4-2/h17-18,39-40,43-46,49-51H,3-16,19-38H2,1-2H3,(H,52,53,54)/b18-17+/t39-,40-,43-,44?,45?,46+/m1/s1. The van der Waals surface area contributed by atoms with Gasteiger partial charge < -0.3 is 34.3 Å². The minimum Gasteiger partial charge on any atom is -0.462 e. The van der Waals surface area contributed by atoms with Crippen LogP contribution in [0.3, 0.4) is 0 Å². The van der Waals surface area contributed by atoms with E-state index in [0.717, 1.165) is 38.5 Å². The highest BCUT2D eigenvalue weighted by atomic mass is 32.2. The average molecular weight is 863 g/mol. The van der Waals surface area contributed by atoms with Gasteiger partial charge >= 0.3 is 11.9 Å². The van der Waals surface area contributed by atoms with Crippen molar-refractivity contribution in [3.63, 3.8) is 0 Å². The van der Waals surface area contributed by atoms with Crippen molar-refractivity contribution in [2.24, 2.45) is 0 Å². The Hall–Kier alpha value is -1.61. The van der Waals surface area contributed by atoms with Gasteiger partial charge in [0.15, 0.2) is 12.4 Å². The Kier molecular flexibility index (Phi) is 34.7. The van der Waals surface area contributed by atoms with Gasteiger partial charge in [0.1, 0.15) is 36.8 Å². The molecule has 0 aromatic heterocycles. The molecule has 1 heterocycles. The van der Waals surface area contributed by atoms with Gasteiger partial charge in [-0.2, -0.15) is 8.42 Å². The van der Waals surface area contributed by atoms with Gasteiger partial charge in [0.2, 0.25) is 0 Å². The van der Waals surface area contributed by atoms with Crippen LogP contribution < -0.4 is 0 Å². The lowest BCUT2D eigenvalue weighted by Gasteiger charge is -2.40. The lowest BCUT2D eigenvalue weighted by molar-refractivity contribution is -0.297. The smallest absolute Gasteiger partial charge is 0.306 e. The molecular weight excluding hydrogens is 777 g/mol. The zero-order valence-corrected chi connectivity index (χ0v) is 37.9. The minimum absolute atomic E-state index is 0.169. The van der Waals surface area contributed by atoms with E-state index in [1.165, 1.54) is 135 Å². The fraction of sp³-hybridized carbons (Fsp3) is 0.913. The fourth-order valence-corrected chi connectivity index (χ4v) is 8.07. The quantitative estimate of drug-likeness (QED) is 0.0198. The summed E-state index contributed by atoms with van der Waals surface area (Å²) in [7, 11) is -4.60. The first-order valence-corrected chi connectivity index (χ1v) is 25.4. The van der Waals surface area contributed by atoms with Crippen LogP contribution in [0.15, 0.2) is 12.2 Å². The first-order chi connectivity index (χ1) is 28.5. The molecule has 1 aliphatic heterocycles. The first kappa shape index (κ1) is 55.4. The van der Waals surface area contributed by atoms with Crippen molar-refractivity contribution in [3.8, 4) is 0 Å². The second kappa shape index (κ2) is 37.0. The van der Waals surface area contributed by atoms with Crippen LogP contribution in [0, 0.1) is 0 Å². The van der Waals surface area contributed by atoms with Crippen molar-refractivity contribution < 1.29 is 56.8 Å². The van der Waals surface area contributed by atoms with Crippen LogP contribution in [0.25, 0.3) is 0 Å². The van der Waals surface area contributed by atoms with Gasteiger partial charge in [-0.3, -0.25) is 14.1 Å². The zero-order chi connectivity index (χ0) is 43.4. The summed E-state index contributed by atoms with van der Waals surface area (Å²) in [5.74, 6) is -1.97. The Balaban J connectivity index is 2.38. The molecule has 0 radical (unpaired) electrons. The van der Waals surface area contributed by atoms with Crippen LogP contribution in [0.1, 0.15) is 213 Å². The molecule has 2 unspecified atom stereocenters. The zero-order valence-electron chi connectivity index (χ0n) is 37.1. The van der Waals surface area contributed by atoms with E-state index in [2.05, 4.69) is 26.0 Å². The highest BCUT2D eigenvalue weighted by Gasteiger charge is 2.46. The lowest BCUT2D eigenvalue weighted by atomic mass is 10.00. The summed E-state index contributed by atoms with van der Waals surface area (Å²) in [6.45, 7) is 3.76. The Labute approximate surface area is 358 Å². The summed E-state index contributed by atoms with van der Waals surface area (Å²) in [6.07, 6.45) is 29.7. The Morgan fingerprint density at radius 1 is 0.559 bits per heavy atom. The molecule has 12 nitrogen and oxygen atoms in total. The maximum atomic E-state index is 12.8. The molecule has 0 aromatic carbocycles. The highest BCUT2D eigenvalue weighted by Crippen LogP contribution is 2.24. The molecule has 0 amide bonds.